The lowest BCUT2D eigenvalue weighted by Crippen LogP contribution is -2.17. The number of para-hydroxylation sites is 1. The molecule has 0 aromatic heterocycles. The molecule has 1 saturated carbocycles. The highest BCUT2D eigenvalue weighted by molar-refractivity contribution is 5.46. The van der Waals surface area contributed by atoms with Gasteiger partial charge >= 0.3 is 0 Å². The van der Waals surface area contributed by atoms with Gasteiger partial charge in [0.1, 0.15) is 0 Å². The van der Waals surface area contributed by atoms with Crippen LogP contribution in [0.1, 0.15) is 18.9 Å². The van der Waals surface area contributed by atoms with Gasteiger partial charge in [0.05, 0.1) is 14.2 Å². The van der Waals surface area contributed by atoms with Crippen LogP contribution in [-0.4, -0.2) is 20.8 Å². The standard InChI is InChI=1S/C14H21NO2/c1-10-7-12(10)9-15-8-11-5-4-6-13(16-2)14(11)17-3/h4-6,10,12,15H,7-9H2,1-3H3. The first kappa shape index (κ1) is 12.2. The molecule has 2 atom stereocenters. The van der Waals surface area contributed by atoms with E-state index in [-0.39, 0.29) is 0 Å². The molecule has 1 aliphatic rings. The maximum atomic E-state index is 5.40. The van der Waals surface area contributed by atoms with Gasteiger partial charge in [-0.05, 0) is 30.9 Å². The van der Waals surface area contributed by atoms with Gasteiger partial charge in [0.15, 0.2) is 11.5 Å². The van der Waals surface area contributed by atoms with Crippen LogP contribution in [0.25, 0.3) is 0 Å². The van der Waals surface area contributed by atoms with Crippen molar-refractivity contribution in [1.82, 2.24) is 5.32 Å². The molecule has 2 rings (SSSR count). The summed E-state index contributed by atoms with van der Waals surface area (Å²) in [6.07, 6.45) is 1.36. The van der Waals surface area contributed by atoms with E-state index in [2.05, 4.69) is 18.3 Å². The minimum Gasteiger partial charge on any atom is -0.493 e. The number of ether oxygens (including phenoxy) is 2. The van der Waals surface area contributed by atoms with Crippen molar-refractivity contribution in [2.75, 3.05) is 20.8 Å². The van der Waals surface area contributed by atoms with Gasteiger partial charge in [-0.3, -0.25) is 0 Å². The number of methoxy groups -OCH3 is 2. The molecule has 1 N–H and O–H groups in total. The summed E-state index contributed by atoms with van der Waals surface area (Å²) in [5.41, 5.74) is 1.15. The summed E-state index contributed by atoms with van der Waals surface area (Å²) in [4.78, 5) is 0. The number of hydrogen-bond acceptors (Lipinski definition) is 3. The van der Waals surface area contributed by atoms with Gasteiger partial charge in [-0.1, -0.05) is 19.1 Å². The molecule has 2 unspecified atom stereocenters. The Morgan fingerprint density at radius 2 is 2.06 bits per heavy atom. The first-order valence-electron chi connectivity index (χ1n) is 6.16. The third-order valence-corrected chi connectivity index (χ3v) is 3.48. The third-order valence-electron chi connectivity index (χ3n) is 3.48. The van der Waals surface area contributed by atoms with Crippen LogP contribution >= 0.6 is 0 Å². The predicted molar refractivity (Wildman–Crippen MR) is 68.5 cm³/mol. The van der Waals surface area contributed by atoms with Crippen molar-refractivity contribution in [3.8, 4) is 11.5 Å². The van der Waals surface area contributed by atoms with Crippen LogP contribution in [0.15, 0.2) is 18.2 Å². The fourth-order valence-electron chi connectivity index (χ4n) is 2.17. The Bertz CT molecular complexity index is 378. The van der Waals surface area contributed by atoms with Gasteiger partial charge in [-0.2, -0.15) is 0 Å². The zero-order chi connectivity index (χ0) is 12.3. The van der Waals surface area contributed by atoms with Crippen molar-refractivity contribution in [2.24, 2.45) is 11.8 Å². The molecule has 0 saturated heterocycles. The van der Waals surface area contributed by atoms with E-state index < -0.39 is 0 Å². The van der Waals surface area contributed by atoms with Crippen molar-refractivity contribution >= 4 is 0 Å². The summed E-state index contributed by atoms with van der Waals surface area (Å²) >= 11 is 0. The second-order valence-corrected chi connectivity index (χ2v) is 4.76. The molecule has 1 aromatic carbocycles. The fourth-order valence-corrected chi connectivity index (χ4v) is 2.17. The molecule has 1 aromatic rings. The van der Waals surface area contributed by atoms with Crippen molar-refractivity contribution in [1.29, 1.82) is 0 Å². The van der Waals surface area contributed by atoms with E-state index in [0.29, 0.717) is 0 Å². The van der Waals surface area contributed by atoms with Crippen molar-refractivity contribution in [2.45, 2.75) is 19.9 Å². The van der Waals surface area contributed by atoms with Gasteiger partial charge in [0.25, 0.3) is 0 Å². The lowest BCUT2D eigenvalue weighted by molar-refractivity contribution is 0.350. The molecule has 0 radical (unpaired) electrons. The third kappa shape index (κ3) is 2.91. The number of hydrogen-bond donors (Lipinski definition) is 1. The molecule has 94 valence electrons. The van der Waals surface area contributed by atoms with Gasteiger partial charge in [0.2, 0.25) is 0 Å². The molecular formula is C14H21NO2. The Hall–Kier alpha value is -1.22. The van der Waals surface area contributed by atoms with E-state index in [9.17, 15) is 0 Å². The molecule has 0 heterocycles. The average molecular weight is 235 g/mol. The number of nitrogens with one attached hydrogen (secondary N) is 1. The Balaban J connectivity index is 1.94. The van der Waals surface area contributed by atoms with Crippen LogP contribution in [0.2, 0.25) is 0 Å². The number of rotatable bonds is 6. The van der Waals surface area contributed by atoms with Crippen molar-refractivity contribution in [3.63, 3.8) is 0 Å². The minimum atomic E-state index is 0.798. The second-order valence-electron chi connectivity index (χ2n) is 4.76. The van der Waals surface area contributed by atoms with E-state index in [1.807, 2.05) is 12.1 Å². The minimum absolute atomic E-state index is 0.798. The van der Waals surface area contributed by atoms with Crippen molar-refractivity contribution < 1.29 is 9.47 Å². The predicted octanol–water partition coefficient (Wildman–Crippen LogP) is 2.45. The molecule has 3 heteroatoms. The summed E-state index contributed by atoms with van der Waals surface area (Å²) in [5.74, 6) is 3.40. The van der Waals surface area contributed by atoms with Crippen LogP contribution < -0.4 is 14.8 Å². The normalized spacial score (nSPS) is 22.3. The lowest BCUT2D eigenvalue weighted by atomic mass is 10.2. The molecule has 3 nitrogen and oxygen atoms in total. The quantitative estimate of drug-likeness (QED) is 0.821. The fraction of sp³-hybridized carbons (Fsp3) is 0.571. The summed E-state index contributed by atoms with van der Waals surface area (Å²) in [5, 5.41) is 3.48. The van der Waals surface area contributed by atoms with Gasteiger partial charge in [-0.15, -0.1) is 0 Å². The van der Waals surface area contributed by atoms with Crippen LogP contribution in [0, 0.1) is 11.8 Å². The lowest BCUT2D eigenvalue weighted by Gasteiger charge is -2.13. The number of benzene rings is 1. The zero-order valence-electron chi connectivity index (χ0n) is 10.8. The molecular weight excluding hydrogens is 214 g/mol. The summed E-state index contributed by atoms with van der Waals surface area (Å²) in [6.45, 7) is 4.24. The second kappa shape index (κ2) is 5.41. The highest BCUT2D eigenvalue weighted by Crippen LogP contribution is 2.37. The van der Waals surface area contributed by atoms with E-state index in [4.69, 9.17) is 9.47 Å². The smallest absolute Gasteiger partial charge is 0.165 e. The Morgan fingerprint density at radius 3 is 2.65 bits per heavy atom. The van der Waals surface area contributed by atoms with E-state index in [0.717, 1.165) is 42.0 Å². The molecule has 0 amide bonds. The topological polar surface area (TPSA) is 30.5 Å². The van der Waals surface area contributed by atoms with Crippen LogP contribution in [0.3, 0.4) is 0 Å². The summed E-state index contributed by atoms with van der Waals surface area (Å²) in [7, 11) is 3.35. The first-order chi connectivity index (χ1) is 8.26. The molecule has 1 aliphatic carbocycles. The molecule has 1 fully saturated rings. The van der Waals surface area contributed by atoms with Gasteiger partial charge in [-0.25, -0.2) is 0 Å². The summed E-state index contributed by atoms with van der Waals surface area (Å²) in [6, 6.07) is 5.99. The van der Waals surface area contributed by atoms with Gasteiger partial charge in [0, 0.05) is 12.1 Å². The van der Waals surface area contributed by atoms with E-state index in [1.165, 1.54) is 6.42 Å². The zero-order valence-corrected chi connectivity index (χ0v) is 10.8. The highest BCUT2D eigenvalue weighted by Gasteiger charge is 2.31. The largest absolute Gasteiger partial charge is 0.493 e. The maximum Gasteiger partial charge on any atom is 0.165 e. The van der Waals surface area contributed by atoms with E-state index in [1.54, 1.807) is 14.2 Å². The maximum absolute atomic E-state index is 5.40. The molecule has 17 heavy (non-hydrogen) atoms. The van der Waals surface area contributed by atoms with E-state index >= 15 is 0 Å². The molecule has 0 bridgehead atoms. The van der Waals surface area contributed by atoms with Crippen LogP contribution in [0.5, 0.6) is 11.5 Å². The van der Waals surface area contributed by atoms with Crippen molar-refractivity contribution in [3.05, 3.63) is 23.8 Å². The Labute approximate surface area is 103 Å². The SMILES string of the molecule is COc1cccc(CNCC2CC2C)c1OC. The Morgan fingerprint density at radius 1 is 1.29 bits per heavy atom. The average Bonchev–Trinajstić information content (AvgIpc) is 3.05. The Kier molecular flexibility index (Phi) is 3.89. The van der Waals surface area contributed by atoms with Gasteiger partial charge < -0.3 is 14.8 Å². The molecule has 0 aliphatic heterocycles. The van der Waals surface area contributed by atoms with Crippen LogP contribution in [0.4, 0.5) is 0 Å². The highest BCUT2D eigenvalue weighted by atomic mass is 16.5. The monoisotopic (exact) mass is 235 g/mol. The first-order valence-corrected chi connectivity index (χ1v) is 6.16. The molecule has 0 spiro atoms. The van der Waals surface area contributed by atoms with Crippen LogP contribution in [-0.2, 0) is 6.54 Å². The summed E-state index contributed by atoms with van der Waals surface area (Å²) < 4.78 is 10.7.